The summed E-state index contributed by atoms with van der Waals surface area (Å²) in [6, 6.07) is 13.4. The zero-order valence-corrected chi connectivity index (χ0v) is 16.0. The van der Waals surface area contributed by atoms with E-state index >= 15 is 0 Å². The van der Waals surface area contributed by atoms with Crippen molar-refractivity contribution in [2.75, 3.05) is 22.5 Å². The molecule has 0 aliphatic heterocycles. The monoisotopic (exact) mass is 387 g/mol. The Morgan fingerprint density at radius 1 is 1.08 bits per heavy atom. The molecule has 134 valence electrons. The highest BCUT2D eigenvalue weighted by Crippen LogP contribution is 2.34. The quantitative estimate of drug-likeness (QED) is 0.598. The van der Waals surface area contributed by atoms with E-state index in [2.05, 4.69) is 41.3 Å². The summed E-state index contributed by atoms with van der Waals surface area (Å²) in [6.07, 6.45) is 1.49. The minimum atomic E-state index is 0.458. The van der Waals surface area contributed by atoms with E-state index < -0.39 is 0 Å². The molecule has 0 amide bonds. The van der Waals surface area contributed by atoms with Crippen LogP contribution in [-0.4, -0.2) is 16.5 Å². The number of nitrogens with zero attached hydrogens (tertiary/aromatic N) is 3. The van der Waals surface area contributed by atoms with Gasteiger partial charge in [0.05, 0.1) is 10.0 Å². The van der Waals surface area contributed by atoms with Crippen molar-refractivity contribution in [1.29, 1.82) is 0 Å². The maximum atomic E-state index is 6.36. The molecule has 5 nitrogen and oxygen atoms in total. The van der Waals surface area contributed by atoms with E-state index in [0.29, 0.717) is 27.4 Å². The van der Waals surface area contributed by atoms with Gasteiger partial charge in [0.15, 0.2) is 11.6 Å². The van der Waals surface area contributed by atoms with Gasteiger partial charge >= 0.3 is 0 Å². The second-order valence-electron chi connectivity index (χ2n) is 5.80. The van der Waals surface area contributed by atoms with Crippen molar-refractivity contribution in [1.82, 2.24) is 9.97 Å². The van der Waals surface area contributed by atoms with Crippen molar-refractivity contribution >= 4 is 51.9 Å². The smallest absolute Gasteiger partial charge is 0.161 e. The lowest BCUT2D eigenvalue weighted by Crippen LogP contribution is -2.20. The molecule has 0 unspecified atom stereocenters. The van der Waals surface area contributed by atoms with Gasteiger partial charge in [0, 0.05) is 17.9 Å². The molecule has 2 aromatic carbocycles. The van der Waals surface area contributed by atoms with Crippen LogP contribution in [0.25, 0.3) is 0 Å². The predicted molar refractivity (Wildman–Crippen MR) is 110 cm³/mol. The van der Waals surface area contributed by atoms with Crippen LogP contribution in [0.5, 0.6) is 0 Å². The van der Waals surface area contributed by atoms with Gasteiger partial charge in [0.1, 0.15) is 12.0 Å². The first-order valence-electron chi connectivity index (χ1n) is 8.16. The summed E-state index contributed by atoms with van der Waals surface area (Å²) in [4.78, 5) is 10.7. The summed E-state index contributed by atoms with van der Waals surface area (Å²) in [5.41, 5.74) is 9.76. The van der Waals surface area contributed by atoms with Gasteiger partial charge in [-0.05, 0) is 49.7 Å². The van der Waals surface area contributed by atoms with E-state index in [-0.39, 0.29) is 0 Å². The zero-order chi connectivity index (χ0) is 18.7. The van der Waals surface area contributed by atoms with Gasteiger partial charge in [-0.25, -0.2) is 9.97 Å². The lowest BCUT2D eigenvalue weighted by atomic mass is 10.2. The molecule has 0 radical (unpaired) electrons. The highest BCUT2D eigenvalue weighted by Gasteiger charge is 2.16. The summed E-state index contributed by atoms with van der Waals surface area (Å²) in [5.74, 6) is 1.16. The second kappa shape index (κ2) is 7.81. The Hall–Kier alpha value is -2.50. The fourth-order valence-corrected chi connectivity index (χ4v) is 2.96. The number of nitrogens with one attached hydrogen (secondary N) is 1. The number of rotatable bonds is 5. The highest BCUT2D eigenvalue weighted by atomic mass is 35.5. The molecule has 1 heterocycles. The van der Waals surface area contributed by atoms with Gasteiger partial charge in [0.25, 0.3) is 0 Å². The molecule has 0 aliphatic carbocycles. The third-order valence-corrected chi connectivity index (χ3v) is 4.67. The Balaban J connectivity index is 1.96. The minimum Gasteiger partial charge on any atom is -0.393 e. The summed E-state index contributed by atoms with van der Waals surface area (Å²) >= 11 is 12.0. The first-order valence-corrected chi connectivity index (χ1v) is 8.92. The lowest BCUT2D eigenvalue weighted by molar-refractivity contribution is 0.979. The fraction of sp³-hybridized carbons (Fsp3) is 0.158. The van der Waals surface area contributed by atoms with Crippen molar-refractivity contribution in [2.24, 2.45) is 0 Å². The van der Waals surface area contributed by atoms with Gasteiger partial charge in [-0.3, -0.25) is 0 Å². The summed E-state index contributed by atoms with van der Waals surface area (Å²) in [6.45, 7) is 4.82. The van der Waals surface area contributed by atoms with Crippen LogP contribution >= 0.6 is 23.2 Å². The molecule has 0 saturated carbocycles. The summed E-state index contributed by atoms with van der Waals surface area (Å²) < 4.78 is 0. The Morgan fingerprint density at radius 3 is 2.58 bits per heavy atom. The van der Waals surface area contributed by atoms with Crippen molar-refractivity contribution in [3.05, 3.63) is 64.4 Å². The zero-order valence-electron chi connectivity index (χ0n) is 14.5. The van der Waals surface area contributed by atoms with Gasteiger partial charge in [-0.2, -0.15) is 0 Å². The topological polar surface area (TPSA) is 67.1 Å². The highest BCUT2D eigenvalue weighted by molar-refractivity contribution is 6.42. The van der Waals surface area contributed by atoms with Crippen LogP contribution in [-0.2, 0) is 0 Å². The van der Waals surface area contributed by atoms with Crippen LogP contribution in [0.2, 0.25) is 10.0 Å². The largest absolute Gasteiger partial charge is 0.393 e. The first-order chi connectivity index (χ1) is 12.5. The molecule has 1 aromatic heterocycles. The van der Waals surface area contributed by atoms with Crippen LogP contribution in [0.4, 0.5) is 28.7 Å². The van der Waals surface area contributed by atoms with E-state index in [9.17, 15) is 0 Å². The number of nitrogens with two attached hydrogens (primary N) is 1. The van der Waals surface area contributed by atoms with Crippen LogP contribution in [0.3, 0.4) is 0 Å². The number of benzene rings is 2. The molecule has 7 heteroatoms. The van der Waals surface area contributed by atoms with Gasteiger partial charge in [0.2, 0.25) is 0 Å². The molecule has 3 N–H and O–H groups in total. The number of anilines is 5. The first kappa shape index (κ1) is 18.3. The number of nitrogen functional groups attached to an aromatic ring is 1. The molecule has 0 aliphatic rings. The molecular weight excluding hydrogens is 369 g/mol. The van der Waals surface area contributed by atoms with Gasteiger partial charge < -0.3 is 16.0 Å². The molecule has 26 heavy (non-hydrogen) atoms. The molecule has 0 bridgehead atoms. The Labute approximate surface area is 162 Å². The third-order valence-electron chi connectivity index (χ3n) is 3.93. The SMILES string of the molecule is CCN(c1cccc(C)c1)c1ncnc(Nc2ccc(Cl)c(Cl)c2)c1N. The standard InChI is InChI=1S/C19H19Cl2N5/c1-3-26(14-6-4-5-12(2)9-14)19-17(22)18(23-11-24-19)25-13-7-8-15(20)16(21)10-13/h4-11H,3,22H2,1-2H3,(H,23,24,25). The van der Waals surface area contributed by atoms with Crippen molar-refractivity contribution < 1.29 is 0 Å². The lowest BCUT2D eigenvalue weighted by Gasteiger charge is -2.24. The third kappa shape index (κ3) is 3.84. The number of halogens is 2. The van der Waals surface area contributed by atoms with E-state index in [0.717, 1.165) is 17.9 Å². The van der Waals surface area contributed by atoms with Gasteiger partial charge in [-0.1, -0.05) is 35.3 Å². The fourth-order valence-electron chi connectivity index (χ4n) is 2.66. The van der Waals surface area contributed by atoms with Crippen molar-refractivity contribution in [2.45, 2.75) is 13.8 Å². The number of aryl methyl sites for hydroxylation is 1. The average molecular weight is 388 g/mol. The van der Waals surface area contributed by atoms with Crippen LogP contribution in [0, 0.1) is 6.92 Å². The molecule has 0 saturated heterocycles. The average Bonchev–Trinajstić information content (AvgIpc) is 2.62. The second-order valence-corrected chi connectivity index (χ2v) is 6.61. The Bertz CT molecular complexity index is 930. The predicted octanol–water partition coefficient (Wildman–Crippen LogP) is 5.58. The number of aromatic nitrogens is 2. The van der Waals surface area contributed by atoms with Crippen LogP contribution in [0.15, 0.2) is 48.8 Å². The molecule has 0 atom stereocenters. The van der Waals surface area contributed by atoms with Crippen LogP contribution in [0.1, 0.15) is 12.5 Å². The molecule has 0 fully saturated rings. The maximum Gasteiger partial charge on any atom is 0.161 e. The normalized spacial score (nSPS) is 10.6. The minimum absolute atomic E-state index is 0.458. The van der Waals surface area contributed by atoms with Crippen LogP contribution < -0.4 is 16.0 Å². The Morgan fingerprint density at radius 2 is 1.88 bits per heavy atom. The van der Waals surface area contributed by atoms with Gasteiger partial charge in [-0.15, -0.1) is 0 Å². The molecular formula is C19H19Cl2N5. The van der Waals surface area contributed by atoms with Crippen molar-refractivity contribution in [3.63, 3.8) is 0 Å². The molecule has 3 rings (SSSR count). The number of hydrogen-bond donors (Lipinski definition) is 2. The molecule has 0 spiro atoms. The molecule has 3 aromatic rings. The number of hydrogen-bond acceptors (Lipinski definition) is 5. The van der Waals surface area contributed by atoms with E-state index in [4.69, 9.17) is 28.9 Å². The Kier molecular flexibility index (Phi) is 5.49. The van der Waals surface area contributed by atoms with E-state index in [1.807, 2.05) is 23.1 Å². The van der Waals surface area contributed by atoms with Crippen molar-refractivity contribution in [3.8, 4) is 0 Å². The van der Waals surface area contributed by atoms with E-state index in [1.54, 1.807) is 12.1 Å². The maximum absolute atomic E-state index is 6.36. The van der Waals surface area contributed by atoms with E-state index in [1.165, 1.54) is 11.9 Å². The summed E-state index contributed by atoms with van der Waals surface area (Å²) in [7, 11) is 0. The summed E-state index contributed by atoms with van der Waals surface area (Å²) in [5, 5.41) is 4.13.